The Balaban J connectivity index is 2.54. The molecule has 0 aliphatic rings. The van der Waals surface area contributed by atoms with Crippen LogP contribution in [0.25, 0.3) is 0 Å². The number of carboxylic acid groups (broad SMARTS) is 1. The van der Waals surface area contributed by atoms with Crippen LogP contribution in [0.2, 0.25) is 0 Å². The summed E-state index contributed by atoms with van der Waals surface area (Å²) >= 11 is 0. The second-order valence-electron chi connectivity index (χ2n) is 4.23. The maximum Gasteiger partial charge on any atom is 0.323 e. The molecule has 1 amide bonds. The number of anilines is 1. The minimum Gasteiger partial charge on any atom is -0.480 e. The molecule has 0 unspecified atom stereocenters. The van der Waals surface area contributed by atoms with E-state index in [0.29, 0.717) is 0 Å². The van der Waals surface area contributed by atoms with Gasteiger partial charge in [-0.1, -0.05) is 18.2 Å². The number of benzene rings is 1. The van der Waals surface area contributed by atoms with E-state index in [2.05, 4.69) is 5.32 Å². The molecule has 0 saturated carbocycles. The number of nitrogens with zero attached hydrogens (tertiary/aromatic N) is 1. The van der Waals surface area contributed by atoms with Crippen LogP contribution in [-0.2, 0) is 9.59 Å². The molecule has 0 atom stereocenters. The predicted molar refractivity (Wildman–Crippen MR) is 69.4 cm³/mol. The highest BCUT2D eigenvalue weighted by atomic mass is 16.4. The van der Waals surface area contributed by atoms with Gasteiger partial charge in [0, 0.05) is 11.7 Å². The lowest BCUT2D eigenvalue weighted by molar-refractivity contribution is -0.145. The highest BCUT2D eigenvalue weighted by molar-refractivity contribution is 5.84. The number of nitrogens with one attached hydrogen (secondary N) is 1. The molecule has 0 saturated heterocycles. The van der Waals surface area contributed by atoms with E-state index < -0.39 is 5.97 Å². The quantitative estimate of drug-likeness (QED) is 0.801. The Hall–Kier alpha value is -2.04. The molecule has 0 aromatic heterocycles. The fourth-order valence-electron chi connectivity index (χ4n) is 1.54. The highest BCUT2D eigenvalue weighted by Crippen LogP contribution is 2.05. The van der Waals surface area contributed by atoms with E-state index in [9.17, 15) is 9.59 Å². The molecule has 0 aliphatic carbocycles. The van der Waals surface area contributed by atoms with Gasteiger partial charge in [0.25, 0.3) is 0 Å². The van der Waals surface area contributed by atoms with Crippen molar-refractivity contribution in [2.45, 2.75) is 19.9 Å². The molecule has 1 aromatic rings. The summed E-state index contributed by atoms with van der Waals surface area (Å²) in [6.07, 6.45) is 0. The van der Waals surface area contributed by atoms with Gasteiger partial charge >= 0.3 is 5.97 Å². The average Bonchev–Trinajstić information content (AvgIpc) is 2.34. The van der Waals surface area contributed by atoms with Crippen molar-refractivity contribution >= 4 is 17.6 Å². The highest BCUT2D eigenvalue weighted by Gasteiger charge is 2.19. The van der Waals surface area contributed by atoms with Gasteiger partial charge in [-0.05, 0) is 26.0 Å². The largest absolute Gasteiger partial charge is 0.480 e. The van der Waals surface area contributed by atoms with Crippen LogP contribution in [0.5, 0.6) is 0 Å². The third-order valence-electron chi connectivity index (χ3n) is 2.47. The van der Waals surface area contributed by atoms with E-state index in [1.54, 1.807) is 13.8 Å². The van der Waals surface area contributed by atoms with Crippen LogP contribution in [0.3, 0.4) is 0 Å². The topological polar surface area (TPSA) is 69.6 Å². The Bertz CT molecular complexity index is 404. The van der Waals surface area contributed by atoms with E-state index in [0.717, 1.165) is 5.69 Å². The molecule has 2 N–H and O–H groups in total. The van der Waals surface area contributed by atoms with Crippen molar-refractivity contribution in [3.63, 3.8) is 0 Å². The molecule has 1 rings (SSSR count). The Morgan fingerprint density at radius 2 is 1.89 bits per heavy atom. The molecule has 98 valence electrons. The minimum atomic E-state index is -1.00. The summed E-state index contributed by atoms with van der Waals surface area (Å²) in [5.41, 5.74) is 0.838. The zero-order valence-corrected chi connectivity index (χ0v) is 10.6. The SMILES string of the molecule is CC(C)N(CC(=O)O)C(=O)CNc1ccccc1. The molecule has 0 radical (unpaired) electrons. The number of hydrogen-bond donors (Lipinski definition) is 2. The fourth-order valence-corrected chi connectivity index (χ4v) is 1.54. The standard InChI is InChI=1S/C13H18N2O3/c1-10(2)15(9-13(17)18)12(16)8-14-11-6-4-3-5-7-11/h3-7,10,14H,8-9H2,1-2H3,(H,17,18). The van der Waals surface area contributed by atoms with E-state index in [1.165, 1.54) is 4.90 Å². The zero-order valence-electron chi connectivity index (χ0n) is 10.6. The summed E-state index contributed by atoms with van der Waals surface area (Å²) in [7, 11) is 0. The van der Waals surface area contributed by atoms with Crippen molar-refractivity contribution < 1.29 is 14.7 Å². The second kappa shape index (κ2) is 6.64. The lowest BCUT2D eigenvalue weighted by Crippen LogP contribution is -2.43. The van der Waals surface area contributed by atoms with Gasteiger partial charge in [-0.15, -0.1) is 0 Å². The summed E-state index contributed by atoms with van der Waals surface area (Å²) in [5, 5.41) is 11.7. The van der Waals surface area contributed by atoms with Crippen molar-refractivity contribution in [2.75, 3.05) is 18.4 Å². The van der Waals surface area contributed by atoms with Crippen molar-refractivity contribution in [3.8, 4) is 0 Å². The fraction of sp³-hybridized carbons (Fsp3) is 0.385. The lowest BCUT2D eigenvalue weighted by atomic mass is 10.3. The van der Waals surface area contributed by atoms with Crippen LogP contribution in [0.15, 0.2) is 30.3 Å². The summed E-state index contributed by atoms with van der Waals surface area (Å²) in [4.78, 5) is 23.9. The van der Waals surface area contributed by atoms with Crippen LogP contribution in [-0.4, -0.2) is 41.0 Å². The molecule has 5 heteroatoms. The van der Waals surface area contributed by atoms with Gasteiger partial charge in [0.2, 0.25) is 5.91 Å². The molecule has 0 bridgehead atoms. The van der Waals surface area contributed by atoms with Gasteiger partial charge in [0.05, 0.1) is 6.54 Å². The van der Waals surface area contributed by atoms with Gasteiger partial charge in [-0.3, -0.25) is 9.59 Å². The molecular weight excluding hydrogens is 232 g/mol. The Kier molecular flexibility index (Phi) is 5.17. The molecular formula is C13H18N2O3. The first-order valence-electron chi connectivity index (χ1n) is 5.81. The monoisotopic (exact) mass is 250 g/mol. The molecule has 0 spiro atoms. The molecule has 18 heavy (non-hydrogen) atoms. The smallest absolute Gasteiger partial charge is 0.323 e. The van der Waals surface area contributed by atoms with Crippen molar-refractivity contribution in [3.05, 3.63) is 30.3 Å². The number of carbonyl (C=O) groups is 2. The number of amides is 1. The van der Waals surface area contributed by atoms with E-state index in [1.807, 2.05) is 30.3 Å². The van der Waals surface area contributed by atoms with Crippen molar-refractivity contribution in [2.24, 2.45) is 0 Å². The number of carboxylic acids is 1. The van der Waals surface area contributed by atoms with Crippen molar-refractivity contribution in [1.29, 1.82) is 0 Å². The van der Waals surface area contributed by atoms with Crippen LogP contribution in [0, 0.1) is 0 Å². The van der Waals surface area contributed by atoms with Gasteiger partial charge in [0.15, 0.2) is 0 Å². The van der Waals surface area contributed by atoms with Crippen LogP contribution in [0.1, 0.15) is 13.8 Å². The van der Waals surface area contributed by atoms with E-state index in [4.69, 9.17) is 5.11 Å². The molecule has 0 fully saturated rings. The lowest BCUT2D eigenvalue weighted by Gasteiger charge is -2.25. The Morgan fingerprint density at radius 3 is 2.39 bits per heavy atom. The first kappa shape index (κ1) is 14.0. The summed E-state index contributed by atoms with van der Waals surface area (Å²) in [6, 6.07) is 9.19. The Morgan fingerprint density at radius 1 is 1.28 bits per heavy atom. The number of carbonyl (C=O) groups excluding carboxylic acids is 1. The molecule has 1 aromatic carbocycles. The van der Waals surface area contributed by atoms with Crippen molar-refractivity contribution in [1.82, 2.24) is 4.90 Å². The maximum atomic E-state index is 11.9. The molecule has 0 aliphatic heterocycles. The normalized spacial score (nSPS) is 10.2. The minimum absolute atomic E-state index is 0.0927. The number of para-hydroxylation sites is 1. The first-order chi connectivity index (χ1) is 8.50. The third-order valence-corrected chi connectivity index (χ3v) is 2.47. The van der Waals surface area contributed by atoms with Gasteiger partial charge in [-0.25, -0.2) is 0 Å². The van der Waals surface area contributed by atoms with E-state index >= 15 is 0 Å². The summed E-state index contributed by atoms with van der Waals surface area (Å²) in [6.45, 7) is 3.41. The van der Waals surface area contributed by atoms with Crippen LogP contribution >= 0.6 is 0 Å². The zero-order chi connectivity index (χ0) is 13.5. The van der Waals surface area contributed by atoms with Gasteiger partial charge in [-0.2, -0.15) is 0 Å². The first-order valence-corrected chi connectivity index (χ1v) is 5.81. The van der Waals surface area contributed by atoms with E-state index in [-0.39, 0.29) is 25.0 Å². The summed E-state index contributed by atoms with van der Waals surface area (Å²) < 4.78 is 0. The molecule has 5 nitrogen and oxygen atoms in total. The van der Waals surface area contributed by atoms with Gasteiger partial charge in [0.1, 0.15) is 6.54 Å². The number of hydrogen-bond acceptors (Lipinski definition) is 3. The number of rotatable bonds is 6. The second-order valence-corrected chi connectivity index (χ2v) is 4.23. The number of aliphatic carboxylic acids is 1. The van der Waals surface area contributed by atoms with Gasteiger partial charge < -0.3 is 15.3 Å². The molecule has 0 heterocycles. The van der Waals surface area contributed by atoms with Crippen LogP contribution in [0.4, 0.5) is 5.69 Å². The predicted octanol–water partition coefficient (Wildman–Crippen LogP) is 1.42. The average molecular weight is 250 g/mol. The third kappa shape index (κ3) is 4.45. The summed E-state index contributed by atoms with van der Waals surface area (Å²) in [5.74, 6) is -1.23. The Labute approximate surface area is 106 Å². The van der Waals surface area contributed by atoms with Crippen LogP contribution < -0.4 is 5.32 Å². The maximum absolute atomic E-state index is 11.9.